The van der Waals surface area contributed by atoms with Crippen LogP contribution in [0.1, 0.15) is 146 Å². The molecule has 0 aliphatic heterocycles. The number of carboxylic acid groups (broad SMARTS) is 1. The first-order chi connectivity index (χ1) is 53.0. The number of hydrogen-bond acceptors (Lipinski definition) is 22. The molecule has 1 aromatic carbocycles. The Kier molecular flexibility index (Phi) is 49.3. The maximum Gasteiger partial charge on any atom is 0.328 e. The first kappa shape index (κ1) is 103. The topological polar surface area (TPSA) is 725 Å². The molecule has 0 heterocycles. The standard InChI is InChI=1S/C70H122N24O19.CH4/c1-11-38(8)54(66(111)91-49(34-95)67(112)113)93-59(104)44(22-17-25-80-70(76)77)86-60(105)45(26-35(2)3)88-61(106)46(27-36(4)5)87-58(103)43(21-16-24-79-69(74)75)85-52(100)33-83-64(109)55(39(9)96)92-53(101)32-81-51(99)31-82-65(110)56(40(10)97)94-63(108)47(28-37(6)7)89-62(107)48(29-41-18-13-12-14-19-41)90-57(102)42(84-50(98)30-71)20-15-23-78-68(72)73;/h12-14,18-19,35-40,42-49,54-56,95-97H,11,15-17,20-34,71H2,1-10H3,(H,81,99)(H,82,110)(H,83,109)(H,84,98)(H,85,100)(H,86,105)(H,87,103)(H,88,106)(H,89,107)(H,90,102)(H,91,111)(H,92,101)(H,93,104)(H,94,108)(H,112,113)(H4,72,73,78)(H4,74,75,79)(H4,76,77,80);1H4/t38-,39+,40+,42-,43-,44-,45-,46-,47-,48-,49-,54-,55-,56-;/m0./s1. The van der Waals surface area contributed by atoms with Crippen LogP contribution in [-0.4, -0.2) is 258 Å². The van der Waals surface area contributed by atoms with Gasteiger partial charge in [-0.15, -0.1) is 0 Å². The summed E-state index contributed by atoms with van der Waals surface area (Å²) in [4.78, 5) is 215. The van der Waals surface area contributed by atoms with E-state index in [1.807, 2.05) is 0 Å². The number of carboxylic acids is 1. The van der Waals surface area contributed by atoms with Crippen molar-refractivity contribution in [2.45, 2.75) is 226 Å². The highest BCUT2D eigenvalue weighted by Crippen LogP contribution is 2.16. The van der Waals surface area contributed by atoms with Crippen molar-refractivity contribution in [3.05, 3.63) is 35.9 Å². The number of aliphatic carboxylic acids is 1. The summed E-state index contributed by atoms with van der Waals surface area (Å²) in [5.41, 5.74) is 39.0. The minimum atomic E-state index is -1.77. The van der Waals surface area contributed by atoms with Crippen molar-refractivity contribution < 1.29 is 92.3 Å². The lowest BCUT2D eigenvalue weighted by atomic mass is 9.97. The van der Waals surface area contributed by atoms with E-state index in [0.29, 0.717) is 12.0 Å². The third-order valence-electron chi connectivity index (χ3n) is 16.9. The lowest BCUT2D eigenvalue weighted by Gasteiger charge is -2.29. The molecule has 43 nitrogen and oxygen atoms in total. The molecule has 14 amide bonds. The Morgan fingerprint density at radius 3 is 1.10 bits per heavy atom. The fraction of sp³-hybridized carbons (Fsp3) is 0.662. The van der Waals surface area contributed by atoms with Crippen LogP contribution < -0.4 is 115 Å². The van der Waals surface area contributed by atoms with Crippen molar-refractivity contribution in [3.63, 3.8) is 0 Å². The molecule has 0 fully saturated rings. The summed E-state index contributed by atoms with van der Waals surface area (Å²) in [5, 5.41) is 74.7. The fourth-order valence-electron chi connectivity index (χ4n) is 10.8. The van der Waals surface area contributed by atoms with Crippen molar-refractivity contribution in [2.24, 2.45) is 78.8 Å². The van der Waals surface area contributed by atoms with Crippen LogP contribution in [0, 0.1) is 23.7 Å². The molecule has 0 aromatic heterocycles. The molecule has 43 heteroatoms. The smallest absolute Gasteiger partial charge is 0.328 e. The van der Waals surface area contributed by atoms with Gasteiger partial charge < -0.3 is 135 Å². The van der Waals surface area contributed by atoms with Crippen LogP contribution in [0.5, 0.6) is 0 Å². The third kappa shape index (κ3) is 42.0. The second-order valence-electron chi connectivity index (χ2n) is 28.4. The van der Waals surface area contributed by atoms with Gasteiger partial charge in [-0.3, -0.25) is 82.1 Å². The minimum absolute atomic E-state index is 0. The quantitative estimate of drug-likeness (QED) is 0.0164. The summed E-state index contributed by atoms with van der Waals surface area (Å²) in [7, 11) is 0. The number of nitrogens with zero attached hydrogens (tertiary/aromatic N) is 3. The van der Waals surface area contributed by atoms with Gasteiger partial charge in [0.2, 0.25) is 82.7 Å². The Hall–Kier alpha value is -11.1. The average Bonchev–Trinajstić information content (AvgIpc) is 0.855. The number of carbonyl (C=O) groups is 15. The van der Waals surface area contributed by atoms with Gasteiger partial charge in [0.15, 0.2) is 17.9 Å². The number of hydrogen-bond donors (Lipinski definition) is 25. The summed E-state index contributed by atoms with van der Waals surface area (Å²) in [6.07, 6.45) is -2.93. The molecule has 0 radical (unpaired) electrons. The van der Waals surface area contributed by atoms with Crippen molar-refractivity contribution in [3.8, 4) is 0 Å². The van der Waals surface area contributed by atoms with Gasteiger partial charge in [0, 0.05) is 26.1 Å². The molecule has 32 N–H and O–H groups in total. The molecule has 114 heavy (non-hydrogen) atoms. The first-order valence-corrected chi connectivity index (χ1v) is 37.3. The zero-order valence-corrected chi connectivity index (χ0v) is 65.9. The molecular formula is C71H126N24O19. The lowest BCUT2D eigenvalue weighted by Crippen LogP contribution is -2.60. The van der Waals surface area contributed by atoms with E-state index in [1.165, 1.54) is 0 Å². The molecule has 0 spiro atoms. The number of rotatable bonds is 54. The molecule has 14 atom stereocenters. The molecule has 1 rings (SSSR count). The van der Waals surface area contributed by atoms with Crippen molar-refractivity contribution in [2.75, 3.05) is 52.4 Å². The lowest BCUT2D eigenvalue weighted by molar-refractivity contribution is -0.143. The second-order valence-corrected chi connectivity index (χ2v) is 28.4. The summed E-state index contributed by atoms with van der Waals surface area (Å²) in [6.45, 7) is 12.1. The van der Waals surface area contributed by atoms with Crippen molar-refractivity contribution in [1.82, 2.24) is 74.4 Å². The van der Waals surface area contributed by atoms with Crippen LogP contribution in [0.2, 0.25) is 0 Å². The monoisotopic (exact) mass is 1620 g/mol. The molecule has 0 saturated carbocycles. The highest BCUT2D eigenvalue weighted by Gasteiger charge is 2.38. The number of amides is 14. The van der Waals surface area contributed by atoms with E-state index in [9.17, 15) is 92.3 Å². The van der Waals surface area contributed by atoms with Crippen LogP contribution in [0.3, 0.4) is 0 Å². The van der Waals surface area contributed by atoms with Gasteiger partial charge in [0.25, 0.3) is 0 Å². The maximum absolute atomic E-state index is 14.4. The normalized spacial score (nSPS) is 14.6. The van der Waals surface area contributed by atoms with Crippen molar-refractivity contribution >= 4 is 107 Å². The summed E-state index contributed by atoms with van der Waals surface area (Å²) >= 11 is 0. The Labute approximate surface area is 664 Å². The van der Waals surface area contributed by atoms with Gasteiger partial charge in [-0.05, 0) is 101 Å². The summed E-state index contributed by atoms with van der Waals surface area (Å²) in [6, 6.07) is -7.58. The zero-order valence-electron chi connectivity index (χ0n) is 65.9. The molecule has 0 aliphatic carbocycles. The number of nitrogens with two attached hydrogens (primary N) is 7. The van der Waals surface area contributed by atoms with Crippen LogP contribution in [0.15, 0.2) is 45.3 Å². The van der Waals surface area contributed by atoms with Crippen LogP contribution in [0.25, 0.3) is 0 Å². The SMILES string of the molecule is C.CC[C@H](C)[C@H](NC(=O)[C@H](CCCN=C(N)N)NC(=O)[C@H](CC(C)C)NC(=O)[C@H](CC(C)C)NC(=O)[C@H](CCCN=C(N)N)NC(=O)CNC(=O)[C@@H](NC(=O)CNC(=O)CNC(=O)[C@@H](NC(=O)[C@H](CC(C)C)NC(=O)[C@H](Cc1ccccc1)NC(=O)[C@H](CCCN=C(N)N)NC(=O)CN)[C@@H](C)O)[C@@H](C)O)C(=O)N[C@@H](CO)C(=O)O. The summed E-state index contributed by atoms with van der Waals surface area (Å²) in [5.74, 6) is -16.6. The molecule has 0 saturated heterocycles. The molecule has 0 aliphatic rings. The van der Waals surface area contributed by atoms with E-state index in [4.69, 9.17) is 40.1 Å². The van der Waals surface area contributed by atoms with Gasteiger partial charge in [0.05, 0.1) is 45.0 Å². The Bertz CT molecular complexity index is 3390. The third-order valence-corrected chi connectivity index (χ3v) is 16.9. The average molecular weight is 1620 g/mol. The molecular weight excluding hydrogens is 1490 g/mol. The predicted molar refractivity (Wildman–Crippen MR) is 422 cm³/mol. The van der Waals surface area contributed by atoms with Crippen LogP contribution in [-0.2, 0) is 78.3 Å². The van der Waals surface area contributed by atoms with E-state index >= 15 is 0 Å². The number of guanidine groups is 3. The highest BCUT2D eigenvalue weighted by atomic mass is 16.4. The number of aliphatic hydroxyl groups is 3. The number of nitrogens with one attached hydrogen (secondary N) is 14. The Morgan fingerprint density at radius 1 is 0.386 bits per heavy atom. The van der Waals surface area contributed by atoms with Gasteiger partial charge in [-0.25, -0.2) is 4.79 Å². The van der Waals surface area contributed by atoms with Crippen LogP contribution in [0.4, 0.5) is 0 Å². The van der Waals surface area contributed by atoms with E-state index in [-0.39, 0.29) is 127 Å². The first-order valence-electron chi connectivity index (χ1n) is 37.3. The Balaban J connectivity index is 0.000128. The molecule has 1 aromatic rings. The van der Waals surface area contributed by atoms with E-state index in [0.717, 1.165) is 13.8 Å². The van der Waals surface area contributed by atoms with Crippen LogP contribution >= 0.6 is 0 Å². The molecule has 0 bridgehead atoms. The zero-order chi connectivity index (χ0) is 85.8. The highest BCUT2D eigenvalue weighted by molar-refractivity contribution is 6.00. The molecule has 0 unspecified atom stereocenters. The van der Waals surface area contributed by atoms with Gasteiger partial charge >= 0.3 is 5.97 Å². The Morgan fingerprint density at radius 2 is 0.711 bits per heavy atom. The van der Waals surface area contributed by atoms with Gasteiger partial charge in [-0.1, -0.05) is 99.6 Å². The van der Waals surface area contributed by atoms with E-state index in [2.05, 4.69) is 89.4 Å². The predicted octanol–water partition coefficient (Wildman–Crippen LogP) is -8.31. The van der Waals surface area contributed by atoms with E-state index < -0.39 is 206 Å². The largest absolute Gasteiger partial charge is 0.480 e. The van der Waals surface area contributed by atoms with Gasteiger partial charge in [0.1, 0.15) is 66.5 Å². The minimum Gasteiger partial charge on any atom is -0.480 e. The maximum atomic E-state index is 14.4. The van der Waals surface area contributed by atoms with Gasteiger partial charge in [-0.2, -0.15) is 0 Å². The second kappa shape index (κ2) is 54.6. The number of aliphatic imine (C=N–C) groups is 3. The number of carbonyl (C=O) groups excluding carboxylic acids is 14. The van der Waals surface area contributed by atoms with Crippen molar-refractivity contribution in [1.29, 1.82) is 0 Å². The summed E-state index contributed by atoms with van der Waals surface area (Å²) < 4.78 is 0. The number of aliphatic hydroxyl groups excluding tert-OH is 3. The number of benzene rings is 1. The molecule has 644 valence electrons. The fourth-order valence-corrected chi connectivity index (χ4v) is 10.8. The van der Waals surface area contributed by atoms with E-state index in [1.54, 1.807) is 85.7 Å².